The molecule has 0 spiro atoms. The first-order chi connectivity index (χ1) is 6.63. The van der Waals surface area contributed by atoms with E-state index in [1.165, 1.54) is 12.1 Å². The molecule has 0 bridgehead atoms. The number of aryl methyl sites for hydroxylation is 1. The minimum Gasteiger partial charge on any atom is -0.258 e. The molecule has 0 aliphatic rings. The van der Waals surface area contributed by atoms with Crippen LogP contribution in [0.2, 0.25) is 0 Å². The summed E-state index contributed by atoms with van der Waals surface area (Å²) in [6, 6.07) is 4.69. The molecule has 0 heterocycles. The maximum atomic E-state index is 12.8. The van der Waals surface area contributed by atoms with Crippen LogP contribution in [0, 0.1) is 12.7 Å². The van der Waals surface area contributed by atoms with Gasteiger partial charge in [-0.05, 0) is 44.0 Å². The minimum absolute atomic E-state index is 0.199. The summed E-state index contributed by atoms with van der Waals surface area (Å²) in [6.45, 7) is 6.00. The van der Waals surface area contributed by atoms with Crippen LogP contribution >= 0.6 is 0 Å². The smallest absolute Gasteiger partial charge is 0.123 e. The Labute approximate surface area is 84.7 Å². The molecule has 1 aromatic carbocycles. The van der Waals surface area contributed by atoms with E-state index in [-0.39, 0.29) is 5.82 Å². The predicted molar refractivity (Wildman–Crippen MR) is 58.8 cm³/mol. The molecule has 1 aromatic rings. The van der Waals surface area contributed by atoms with Crippen molar-refractivity contribution in [2.75, 3.05) is 0 Å². The van der Waals surface area contributed by atoms with Crippen LogP contribution in [0.4, 0.5) is 10.1 Å². The Balaban J connectivity index is 2.91. The van der Waals surface area contributed by atoms with Crippen molar-refractivity contribution < 1.29 is 4.39 Å². The summed E-state index contributed by atoms with van der Waals surface area (Å²) in [7, 11) is 0. The molecule has 0 fully saturated rings. The van der Waals surface area contributed by atoms with E-state index in [1.54, 1.807) is 6.07 Å². The van der Waals surface area contributed by atoms with Crippen molar-refractivity contribution in [3.05, 3.63) is 29.6 Å². The van der Waals surface area contributed by atoms with Crippen molar-refractivity contribution in [2.45, 2.75) is 33.6 Å². The van der Waals surface area contributed by atoms with Crippen LogP contribution in [-0.4, -0.2) is 5.71 Å². The van der Waals surface area contributed by atoms with Gasteiger partial charge in [0.1, 0.15) is 5.82 Å². The highest BCUT2D eigenvalue weighted by Crippen LogP contribution is 2.19. The van der Waals surface area contributed by atoms with Crippen LogP contribution in [0.25, 0.3) is 0 Å². The van der Waals surface area contributed by atoms with Crippen LogP contribution in [0.5, 0.6) is 0 Å². The maximum absolute atomic E-state index is 12.8. The summed E-state index contributed by atoms with van der Waals surface area (Å²) < 4.78 is 12.8. The fourth-order valence-corrected chi connectivity index (χ4v) is 1.37. The lowest BCUT2D eigenvalue weighted by Gasteiger charge is -2.02. The molecule has 0 saturated heterocycles. The van der Waals surface area contributed by atoms with Crippen molar-refractivity contribution in [1.29, 1.82) is 0 Å². The van der Waals surface area contributed by atoms with E-state index in [9.17, 15) is 4.39 Å². The van der Waals surface area contributed by atoms with Crippen molar-refractivity contribution in [2.24, 2.45) is 4.99 Å². The summed E-state index contributed by atoms with van der Waals surface area (Å²) in [5.41, 5.74) is 2.86. The number of aliphatic imine (C=N–C) groups is 1. The summed E-state index contributed by atoms with van der Waals surface area (Å²) >= 11 is 0. The van der Waals surface area contributed by atoms with Gasteiger partial charge in [0.2, 0.25) is 0 Å². The van der Waals surface area contributed by atoms with Gasteiger partial charge in [-0.2, -0.15) is 0 Å². The van der Waals surface area contributed by atoms with Gasteiger partial charge in [-0.15, -0.1) is 0 Å². The molecule has 0 aliphatic carbocycles. The summed E-state index contributed by atoms with van der Waals surface area (Å²) in [5.74, 6) is -0.199. The number of nitrogens with zero attached hydrogens (tertiary/aromatic N) is 1. The highest BCUT2D eigenvalue weighted by Gasteiger charge is 1.98. The molecule has 2 heteroatoms. The quantitative estimate of drug-likeness (QED) is 0.643. The van der Waals surface area contributed by atoms with Gasteiger partial charge < -0.3 is 0 Å². The first-order valence-corrected chi connectivity index (χ1v) is 4.93. The Bertz CT molecular complexity index is 342. The Morgan fingerprint density at radius 1 is 1.43 bits per heavy atom. The zero-order chi connectivity index (χ0) is 10.6. The van der Waals surface area contributed by atoms with E-state index in [0.717, 1.165) is 29.8 Å². The Morgan fingerprint density at radius 2 is 2.14 bits per heavy atom. The van der Waals surface area contributed by atoms with Gasteiger partial charge in [-0.1, -0.05) is 13.3 Å². The van der Waals surface area contributed by atoms with E-state index in [4.69, 9.17) is 0 Å². The van der Waals surface area contributed by atoms with Gasteiger partial charge in [0.05, 0.1) is 5.69 Å². The lowest BCUT2D eigenvalue weighted by atomic mass is 10.2. The van der Waals surface area contributed by atoms with Crippen LogP contribution in [0.1, 0.15) is 32.3 Å². The molecule has 0 saturated carbocycles. The fourth-order valence-electron chi connectivity index (χ4n) is 1.37. The first-order valence-electron chi connectivity index (χ1n) is 4.93. The average Bonchev–Trinajstić information content (AvgIpc) is 2.10. The number of hydrogen-bond donors (Lipinski definition) is 0. The van der Waals surface area contributed by atoms with Gasteiger partial charge in [0.25, 0.3) is 0 Å². The Morgan fingerprint density at radius 3 is 2.71 bits per heavy atom. The Kier molecular flexibility index (Phi) is 3.81. The topological polar surface area (TPSA) is 12.4 Å². The normalized spacial score (nSPS) is 11.9. The Hall–Kier alpha value is -1.18. The highest BCUT2D eigenvalue weighted by atomic mass is 19.1. The third kappa shape index (κ3) is 2.95. The second-order valence-electron chi connectivity index (χ2n) is 3.53. The molecule has 1 nitrogen and oxygen atoms in total. The number of halogens is 1. The molecule has 1 rings (SSSR count). The molecule has 0 atom stereocenters. The fraction of sp³-hybridized carbons (Fsp3) is 0.417. The van der Waals surface area contributed by atoms with Gasteiger partial charge in [-0.3, -0.25) is 4.99 Å². The number of benzene rings is 1. The minimum atomic E-state index is -0.199. The van der Waals surface area contributed by atoms with E-state index < -0.39 is 0 Å². The van der Waals surface area contributed by atoms with E-state index >= 15 is 0 Å². The highest BCUT2D eigenvalue weighted by molar-refractivity contribution is 5.84. The van der Waals surface area contributed by atoms with Crippen molar-refractivity contribution in [1.82, 2.24) is 0 Å². The molecule has 0 radical (unpaired) electrons. The van der Waals surface area contributed by atoms with Crippen LogP contribution in [0.15, 0.2) is 23.2 Å². The maximum Gasteiger partial charge on any atom is 0.123 e. The SMILES string of the molecule is CCC/C(C)=N\c1ccc(F)cc1C. The molecule has 14 heavy (non-hydrogen) atoms. The second kappa shape index (κ2) is 4.89. The lowest BCUT2D eigenvalue weighted by Crippen LogP contribution is -1.89. The van der Waals surface area contributed by atoms with E-state index in [2.05, 4.69) is 11.9 Å². The van der Waals surface area contributed by atoms with Crippen LogP contribution in [-0.2, 0) is 0 Å². The van der Waals surface area contributed by atoms with Crippen molar-refractivity contribution >= 4 is 11.4 Å². The van der Waals surface area contributed by atoms with Gasteiger partial charge in [-0.25, -0.2) is 4.39 Å². The summed E-state index contributed by atoms with van der Waals surface area (Å²) in [4.78, 5) is 4.44. The predicted octanol–water partition coefficient (Wildman–Crippen LogP) is 4.03. The van der Waals surface area contributed by atoms with Gasteiger partial charge in [0, 0.05) is 5.71 Å². The van der Waals surface area contributed by atoms with Crippen LogP contribution < -0.4 is 0 Å². The first kappa shape index (κ1) is 10.9. The van der Waals surface area contributed by atoms with Crippen LogP contribution in [0.3, 0.4) is 0 Å². The number of rotatable bonds is 3. The monoisotopic (exact) mass is 193 g/mol. The summed E-state index contributed by atoms with van der Waals surface area (Å²) in [5, 5.41) is 0. The molecule has 0 aliphatic heterocycles. The lowest BCUT2D eigenvalue weighted by molar-refractivity contribution is 0.627. The van der Waals surface area contributed by atoms with Crippen molar-refractivity contribution in [3.8, 4) is 0 Å². The molecule has 0 unspecified atom stereocenters. The molecule has 0 amide bonds. The molecule has 0 aromatic heterocycles. The molecular weight excluding hydrogens is 177 g/mol. The zero-order valence-corrected chi connectivity index (χ0v) is 8.97. The second-order valence-corrected chi connectivity index (χ2v) is 3.53. The van der Waals surface area contributed by atoms with Gasteiger partial charge in [0.15, 0.2) is 0 Å². The molecule has 76 valence electrons. The zero-order valence-electron chi connectivity index (χ0n) is 8.97. The standard InChI is InChI=1S/C12H16FN/c1-4-5-10(3)14-12-7-6-11(13)8-9(12)2/h6-8H,4-5H2,1-3H3/b14-10-. The van der Waals surface area contributed by atoms with Crippen molar-refractivity contribution in [3.63, 3.8) is 0 Å². The summed E-state index contributed by atoms with van der Waals surface area (Å²) in [6.07, 6.45) is 2.09. The number of hydrogen-bond acceptors (Lipinski definition) is 1. The third-order valence-corrected chi connectivity index (χ3v) is 2.08. The third-order valence-electron chi connectivity index (χ3n) is 2.08. The largest absolute Gasteiger partial charge is 0.258 e. The van der Waals surface area contributed by atoms with Gasteiger partial charge >= 0.3 is 0 Å². The molecule has 0 N–H and O–H groups in total. The van der Waals surface area contributed by atoms with E-state index in [0.29, 0.717) is 0 Å². The molecular formula is C12H16FN. The average molecular weight is 193 g/mol. The van der Waals surface area contributed by atoms with E-state index in [1.807, 2.05) is 13.8 Å².